The Kier molecular flexibility index (Phi) is 5.96. The van der Waals surface area contributed by atoms with Crippen LogP contribution in [0.5, 0.6) is 11.6 Å². The lowest BCUT2D eigenvalue weighted by atomic mass is 10.2. The molecule has 6 heteroatoms. The van der Waals surface area contributed by atoms with Crippen molar-refractivity contribution in [1.29, 1.82) is 0 Å². The lowest BCUT2D eigenvalue weighted by molar-refractivity contribution is 0.448. The van der Waals surface area contributed by atoms with E-state index in [2.05, 4.69) is 45.1 Å². The van der Waals surface area contributed by atoms with E-state index in [0.717, 1.165) is 16.6 Å². The zero-order valence-electron chi connectivity index (χ0n) is 11.9. The van der Waals surface area contributed by atoms with Gasteiger partial charge in [-0.3, -0.25) is 4.98 Å². The smallest absolute Gasteiger partial charge is 0.223 e. The van der Waals surface area contributed by atoms with Crippen LogP contribution in [0.25, 0.3) is 0 Å². The van der Waals surface area contributed by atoms with Gasteiger partial charge >= 0.3 is 0 Å². The predicted octanol–water partition coefficient (Wildman–Crippen LogP) is 4.43. The highest BCUT2D eigenvalue weighted by atomic mass is 79.9. The molecule has 0 bridgehead atoms. The first-order valence-electron chi connectivity index (χ1n) is 6.68. The van der Waals surface area contributed by atoms with Crippen LogP contribution in [0.4, 0.5) is 0 Å². The van der Waals surface area contributed by atoms with Gasteiger partial charge in [0.1, 0.15) is 5.75 Å². The molecule has 2 aromatic rings. The largest absolute Gasteiger partial charge is 0.437 e. The van der Waals surface area contributed by atoms with Crippen LogP contribution in [0.1, 0.15) is 19.4 Å². The average molecular weight is 371 g/mol. The van der Waals surface area contributed by atoms with Crippen molar-refractivity contribution in [1.82, 2.24) is 15.3 Å². The quantitative estimate of drug-likeness (QED) is 0.817. The first kappa shape index (κ1) is 16.2. The lowest BCUT2D eigenvalue weighted by Gasteiger charge is -2.12. The van der Waals surface area contributed by atoms with Crippen LogP contribution < -0.4 is 10.1 Å². The van der Waals surface area contributed by atoms with Crippen LogP contribution in [-0.4, -0.2) is 16.5 Å². The Hall–Kier alpha value is -1.17. The fourth-order valence-corrected chi connectivity index (χ4v) is 2.29. The van der Waals surface area contributed by atoms with Gasteiger partial charge in [-0.05, 0) is 34.5 Å². The molecule has 0 amide bonds. The number of nitrogens with one attached hydrogen (secondary N) is 1. The van der Waals surface area contributed by atoms with Crippen LogP contribution in [0, 0.1) is 5.92 Å². The maximum atomic E-state index is 5.91. The Labute approximate surface area is 138 Å². The number of hydrogen-bond donors (Lipinski definition) is 1. The molecule has 0 saturated carbocycles. The Morgan fingerprint density at radius 3 is 2.81 bits per heavy atom. The first-order chi connectivity index (χ1) is 10.0. The molecule has 0 fully saturated rings. The second-order valence-corrected chi connectivity index (χ2v) is 6.44. The minimum atomic E-state index is 0.532. The van der Waals surface area contributed by atoms with E-state index in [0.29, 0.717) is 29.1 Å². The summed E-state index contributed by atoms with van der Waals surface area (Å²) in [6, 6.07) is 3.71. The normalized spacial score (nSPS) is 10.9. The number of hydrogen-bond acceptors (Lipinski definition) is 4. The zero-order valence-corrected chi connectivity index (χ0v) is 14.3. The molecule has 2 rings (SSSR count). The summed E-state index contributed by atoms with van der Waals surface area (Å²) in [5.74, 6) is 1.72. The molecule has 0 atom stereocenters. The van der Waals surface area contributed by atoms with Gasteiger partial charge in [0.2, 0.25) is 5.88 Å². The first-order valence-corrected chi connectivity index (χ1v) is 7.85. The third-order valence-electron chi connectivity index (χ3n) is 2.65. The third kappa shape index (κ3) is 5.26. The van der Waals surface area contributed by atoms with Crippen molar-refractivity contribution in [3.05, 3.63) is 45.8 Å². The summed E-state index contributed by atoms with van der Waals surface area (Å²) in [6.07, 6.45) is 4.88. The number of pyridine rings is 2. The predicted molar refractivity (Wildman–Crippen MR) is 87.8 cm³/mol. The fraction of sp³-hybridized carbons (Fsp3) is 0.333. The highest BCUT2D eigenvalue weighted by molar-refractivity contribution is 9.10. The molecule has 0 aliphatic carbocycles. The number of nitrogens with zero attached hydrogens (tertiary/aromatic N) is 2. The number of ether oxygens (including phenoxy) is 1. The van der Waals surface area contributed by atoms with E-state index in [9.17, 15) is 0 Å². The number of halogens is 2. The van der Waals surface area contributed by atoms with Crippen LogP contribution in [0.2, 0.25) is 5.02 Å². The van der Waals surface area contributed by atoms with Gasteiger partial charge in [-0.2, -0.15) is 0 Å². The summed E-state index contributed by atoms with van der Waals surface area (Å²) in [5, 5.41) is 3.91. The summed E-state index contributed by atoms with van der Waals surface area (Å²) in [5.41, 5.74) is 0.977. The Morgan fingerprint density at radius 2 is 2.10 bits per heavy atom. The van der Waals surface area contributed by atoms with Crippen molar-refractivity contribution in [3.8, 4) is 11.6 Å². The van der Waals surface area contributed by atoms with Crippen molar-refractivity contribution in [2.75, 3.05) is 6.54 Å². The second-order valence-electron chi connectivity index (χ2n) is 5.08. The van der Waals surface area contributed by atoms with E-state index in [1.165, 1.54) is 0 Å². The van der Waals surface area contributed by atoms with Gasteiger partial charge in [0.15, 0.2) is 0 Å². The van der Waals surface area contributed by atoms with Gasteiger partial charge < -0.3 is 10.1 Å². The summed E-state index contributed by atoms with van der Waals surface area (Å²) in [6.45, 7) is 5.96. The summed E-state index contributed by atoms with van der Waals surface area (Å²) in [7, 11) is 0. The molecule has 21 heavy (non-hydrogen) atoms. The fourth-order valence-electron chi connectivity index (χ4n) is 1.74. The van der Waals surface area contributed by atoms with Crippen molar-refractivity contribution in [3.63, 3.8) is 0 Å². The topological polar surface area (TPSA) is 47.0 Å². The highest BCUT2D eigenvalue weighted by Crippen LogP contribution is 2.26. The molecule has 0 aromatic carbocycles. The van der Waals surface area contributed by atoms with E-state index in [4.69, 9.17) is 16.3 Å². The molecule has 0 aliphatic heterocycles. The minimum Gasteiger partial charge on any atom is -0.437 e. The molecule has 4 nitrogen and oxygen atoms in total. The summed E-state index contributed by atoms with van der Waals surface area (Å²) in [4.78, 5) is 8.32. The molecule has 0 spiro atoms. The monoisotopic (exact) mass is 369 g/mol. The molecule has 0 saturated heterocycles. The molecular weight excluding hydrogens is 354 g/mol. The Balaban J connectivity index is 2.14. The molecule has 1 N–H and O–H groups in total. The van der Waals surface area contributed by atoms with Gasteiger partial charge in [-0.15, -0.1) is 0 Å². The van der Waals surface area contributed by atoms with Crippen molar-refractivity contribution < 1.29 is 4.74 Å². The molecule has 112 valence electrons. The highest BCUT2D eigenvalue weighted by Gasteiger charge is 2.09. The van der Waals surface area contributed by atoms with E-state index >= 15 is 0 Å². The minimum absolute atomic E-state index is 0.532. The van der Waals surface area contributed by atoms with E-state index in [1.807, 2.05) is 6.07 Å². The van der Waals surface area contributed by atoms with Crippen LogP contribution in [0.15, 0.2) is 35.2 Å². The molecule has 2 heterocycles. The van der Waals surface area contributed by atoms with Crippen LogP contribution in [-0.2, 0) is 6.54 Å². The van der Waals surface area contributed by atoms with Crippen LogP contribution >= 0.6 is 27.5 Å². The molecule has 2 aromatic heterocycles. The molecular formula is C15H17BrClN3O. The van der Waals surface area contributed by atoms with Gasteiger partial charge in [0.05, 0.1) is 11.2 Å². The standard InChI is InChI=1S/C15H17BrClN3O/c1-10(2)5-18-6-11-3-12(16)7-20-15(11)21-14-4-13(17)8-19-9-14/h3-4,7-10,18H,5-6H2,1-2H3. The summed E-state index contributed by atoms with van der Waals surface area (Å²) >= 11 is 9.35. The van der Waals surface area contributed by atoms with E-state index < -0.39 is 0 Å². The lowest BCUT2D eigenvalue weighted by Crippen LogP contribution is -2.19. The van der Waals surface area contributed by atoms with Crippen molar-refractivity contribution >= 4 is 27.5 Å². The van der Waals surface area contributed by atoms with Crippen molar-refractivity contribution in [2.45, 2.75) is 20.4 Å². The Bertz CT molecular complexity index is 607. The second kappa shape index (κ2) is 7.73. The number of rotatable bonds is 6. The maximum absolute atomic E-state index is 5.91. The molecule has 0 radical (unpaired) electrons. The number of aromatic nitrogens is 2. The SMILES string of the molecule is CC(C)CNCc1cc(Br)cnc1Oc1cncc(Cl)c1. The third-order valence-corrected chi connectivity index (χ3v) is 3.29. The van der Waals surface area contributed by atoms with Gasteiger partial charge in [-0.25, -0.2) is 4.98 Å². The van der Waals surface area contributed by atoms with Crippen molar-refractivity contribution in [2.24, 2.45) is 5.92 Å². The van der Waals surface area contributed by atoms with Gasteiger partial charge in [0.25, 0.3) is 0 Å². The molecule has 0 unspecified atom stereocenters. The zero-order chi connectivity index (χ0) is 15.2. The van der Waals surface area contributed by atoms with E-state index in [1.54, 1.807) is 24.7 Å². The van der Waals surface area contributed by atoms with Crippen LogP contribution in [0.3, 0.4) is 0 Å². The van der Waals surface area contributed by atoms with E-state index in [-0.39, 0.29) is 0 Å². The molecule has 0 aliphatic rings. The van der Waals surface area contributed by atoms with Gasteiger partial charge in [-0.1, -0.05) is 25.4 Å². The maximum Gasteiger partial charge on any atom is 0.223 e. The Morgan fingerprint density at radius 1 is 1.29 bits per heavy atom. The summed E-state index contributed by atoms with van der Waals surface area (Å²) < 4.78 is 6.70. The van der Waals surface area contributed by atoms with Gasteiger partial charge in [0, 0.05) is 35.0 Å². The average Bonchev–Trinajstić information content (AvgIpc) is 2.41.